The maximum absolute atomic E-state index is 10.8. The summed E-state index contributed by atoms with van der Waals surface area (Å²) < 4.78 is 6.84. The number of benzene rings is 1. The van der Waals surface area contributed by atoms with Crippen LogP contribution >= 0.6 is 0 Å². The average molecular weight is 336 g/mol. The molecule has 0 bridgehead atoms. The first-order chi connectivity index (χ1) is 12.0. The Morgan fingerprint density at radius 3 is 2.80 bits per heavy atom. The highest BCUT2D eigenvalue weighted by Gasteiger charge is 2.19. The van der Waals surface area contributed by atoms with Crippen molar-refractivity contribution < 1.29 is 9.34 Å². The number of aryl methyl sites for hydroxylation is 1. The number of nitrogens with two attached hydrogens (primary N) is 1. The van der Waals surface area contributed by atoms with Crippen LogP contribution in [-0.4, -0.2) is 24.7 Å². The number of nitrogens with zero attached hydrogens (tertiary/aromatic N) is 5. The van der Waals surface area contributed by atoms with Gasteiger partial charge in [0.25, 0.3) is 0 Å². The Balaban J connectivity index is 1.97. The highest BCUT2D eigenvalue weighted by atomic mass is 16.6. The van der Waals surface area contributed by atoms with Gasteiger partial charge in [-0.3, -0.25) is 14.8 Å². The third-order valence-corrected chi connectivity index (χ3v) is 3.74. The van der Waals surface area contributed by atoms with E-state index in [0.717, 1.165) is 10.9 Å². The molecular weight excluding hydrogens is 324 g/mol. The fourth-order valence-electron chi connectivity index (χ4n) is 2.58. The van der Waals surface area contributed by atoms with Crippen molar-refractivity contribution >= 4 is 22.6 Å². The third kappa shape index (κ3) is 2.47. The van der Waals surface area contributed by atoms with Crippen LogP contribution in [-0.2, 0) is 7.05 Å². The van der Waals surface area contributed by atoms with Crippen LogP contribution in [0.4, 0.5) is 11.6 Å². The third-order valence-electron chi connectivity index (χ3n) is 3.74. The number of nitrogen functional groups attached to an aromatic ring is 1. The zero-order valence-corrected chi connectivity index (χ0v) is 13.1. The van der Waals surface area contributed by atoms with E-state index in [9.17, 15) is 10.1 Å². The molecular formula is C16H12N6O3. The molecule has 9 heteroatoms. The normalized spacial score (nSPS) is 11.1. The fraction of sp³-hybridized carbons (Fsp3) is 0.0625. The molecule has 0 unspecified atom stereocenters. The quantitative estimate of drug-likeness (QED) is 0.346. The van der Waals surface area contributed by atoms with E-state index in [4.69, 9.17) is 10.2 Å². The Labute approximate surface area is 140 Å². The summed E-state index contributed by atoms with van der Waals surface area (Å²) in [6.45, 7) is 0. The molecule has 0 aliphatic heterocycles. The minimum atomic E-state index is -0.606. The number of rotatable bonds is 3. The SMILES string of the molecule is Cn1ncc2c(-c3cccc(N)c3)nc(-c3ccc([N+](=O)[O-])o3)nc21. The lowest BCUT2D eigenvalue weighted by Gasteiger charge is -2.06. The molecule has 2 N–H and O–H groups in total. The fourth-order valence-corrected chi connectivity index (χ4v) is 2.58. The molecule has 0 amide bonds. The molecule has 124 valence electrons. The molecule has 0 aliphatic carbocycles. The standard InChI is InChI=1S/C16H12N6O3/c1-21-16-11(8-18-21)14(9-3-2-4-10(17)7-9)19-15(20-16)12-5-6-13(25-12)22(23)24/h2-8H,17H2,1H3. The Morgan fingerprint density at radius 2 is 2.08 bits per heavy atom. The number of anilines is 1. The van der Waals surface area contributed by atoms with E-state index in [1.54, 1.807) is 30.1 Å². The lowest BCUT2D eigenvalue weighted by atomic mass is 10.1. The van der Waals surface area contributed by atoms with Gasteiger partial charge in [0.1, 0.15) is 4.92 Å². The summed E-state index contributed by atoms with van der Waals surface area (Å²) in [6, 6.07) is 10.0. The van der Waals surface area contributed by atoms with Crippen molar-refractivity contribution in [1.82, 2.24) is 19.7 Å². The average Bonchev–Trinajstić information content (AvgIpc) is 3.22. The van der Waals surface area contributed by atoms with Crippen molar-refractivity contribution in [1.29, 1.82) is 0 Å². The van der Waals surface area contributed by atoms with Crippen LogP contribution in [0.2, 0.25) is 0 Å². The van der Waals surface area contributed by atoms with E-state index in [-0.39, 0.29) is 17.5 Å². The predicted octanol–water partition coefficient (Wildman–Crippen LogP) is 2.78. The highest BCUT2D eigenvalue weighted by Crippen LogP contribution is 2.31. The van der Waals surface area contributed by atoms with E-state index in [1.807, 2.05) is 12.1 Å². The summed E-state index contributed by atoms with van der Waals surface area (Å²) >= 11 is 0. The molecule has 0 saturated carbocycles. The minimum absolute atomic E-state index is 0.208. The van der Waals surface area contributed by atoms with Gasteiger partial charge in [0.15, 0.2) is 17.2 Å². The van der Waals surface area contributed by atoms with Gasteiger partial charge in [0.2, 0.25) is 0 Å². The molecule has 4 rings (SSSR count). The Morgan fingerprint density at radius 1 is 1.24 bits per heavy atom. The smallest absolute Gasteiger partial charge is 0.399 e. The van der Waals surface area contributed by atoms with Crippen molar-refractivity contribution in [2.75, 3.05) is 5.73 Å². The van der Waals surface area contributed by atoms with Crippen LogP contribution < -0.4 is 5.73 Å². The van der Waals surface area contributed by atoms with Gasteiger partial charge in [-0.25, -0.2) is 9.97 Å². The summed E-state index contributed by atoms with van der Waals surface area (Å²) in [5.41, 5.74) is 8.48. The summed E-state index contributed by atoms with van der Waals surface area (Å²) in [7, 11) is 1.76. The van der Waals surface area contributed by atoms with Gasteiger partial charge < -0.3 is 10.2 Å². The largest absolute Gasteiger partial charge is 0.433 e. The molecule has 0 radical (unpaired) electrons. The summed E-state index contributed by atoms with van der Waals surface area (Å²) in [5, 5.41) is 15.8. The van der Waals surface area contributed by atoms with Crippen LogP contribution in [0.25, 0.3) is 33.9 Å². The molecule has 3 aromatic heterocycles. The molecule has 0 aliphatic rings. The van der Waals surface area contributed by atoms with E-state index in [0.29, 0.717) is 17.0 Å². The van der Waals surface area contributed by atoms with Crippen LogP contribution in [0.5, 0.6) is 0 Å². The molecule has 9 nitrogen and oxygen atoms in total. The van der Waals surface area contributed by atoms with Crippen LogP contribution in [0, 0.1) is 10.1 Å². The minimum Gasteiger partial charge on any atom is -0.399 e. The highest BCUT2D eigenvalue weighted by molar-refractivity contribution is 5.91. The van der Waals surface area contributed by atoms with Gasteiger partial charge in [-0.15, -0.1) is 0 Å². The molecule has 1 aromatic carbocycles. The second kappa shape index (κ2) is 5.41. The van der Waals surface area contributed by atoms with Gasteiger partial charge in [-0.2, -0.15) is 5.10 Å². The number of hydrogen-bond donors (Lipinski definition) is 1. The van der Waals surface area contributed by atoms with Crippen LogP contribution in [0.1, 0.15) is 0 Å². The lowest BCUT2D eigenvalue weighted by Crippen LogP contribution is -1.98. The summed E-state index contributed by atoms with van der Waals surface area (Å²) in [5.74, 6) is 0.0794. The van der Waals surface area contributed by atoms with Crippen LogP contribution in [0.15, 0.2) is 47.0 Å². The molecule has 25 heavy (non-hydrogen) atoms. The number of nitro groups is 1. The number of hydrogen-bond acceptors (Lipinski definition) is 7. The van der Waals surface area contributed by atoms with Crippen molar-refractivity contribution in [2.45, 2.75) is 0 Å². The van der Waals surface area contributed by atoms with Crippen molar-refractivity contribution in [3.63, 3.8) is 0 Å². The Hall–Kier alpha value is -3.75. The van der Waals surface area contributed by atoms with Gasteiger partial charge in [0.05, 0.1) is 23.3 Å². The van der Waals surface area contributed by atoms with Gasteiger partial charge >= 0.3 is 5.88 Å². The zero-order chi connectivity index (χ0) is 17.6. The number of furan rings is 1. The second-order valence-electron chi connectivity index (χ2n) is 5.42. The predicted molar refractivity (Wildman–Crippen MR) is 90.5 cm³/mol. The van der Waals surface area contributed by atoms with Crippen molar-refractivity contribution in [3.8, 4) is 22.8 Å². The number of fused-ring (bicyclic) bond motifs is 1. The molecule has 4 aromatic rings. The van der Waals surface area contributed by atoms with E-state index < -0.39 is 4.92 Å². The van der Waals surface area contributed by atoms with Crippen LogP contribution in [0.3, 0.4) is 0 Å². The van der Waals surface area contributed by atoms with E-state index >= 15 is 0 Å². The first kappa shape index (κ1) is 14.8. The second-order valence-corrected chi connectivity index (χ2v) is 5.42. The maximum atomic E-state index is 10.8. The molecule has 0 atom stereocenters. The Bertz CT molecular complexity index is 1110. The summed E-state index contributed by atoms with van der Waals surface area (Å²) in [6.07, 6.45) is 1.67. The van der Waals surface area contributed by atoms with Gasteiger partial charge in [-0.05, 0) is 18.2 Å². The summed E-state index contributed by atoms with van der Waals surface area (Å²) in [4.78, 5) is 19.2. The monoisotopic (exact) mass is 336 g/mol. The van der Waals surface area contributed by atoms with Crippen molar-refractivity contribution in [2.24, 2.45) is 7.05 Å². The molecule has 0 fully saturated rings. The van der Waals surface area contributed by atoms with Crippen molar-refractivity contribution in [3.05, 3.63) is 52.7 Å². The first-order valence-corrected chi connectivity index (χ1v) is 7.33. The zero-order valence-electron chi connectivity index (χ0n) is 13.1. The first-order valence-electron chi connectivity index (χ1n) is 7.33. The maximum Gasteiger partial charge on any atom is 0.433 e. The molecule has 3 heterocycles. The van der Waals surface area contributed by atoms with Gasteiger partial charge in [-0.1, -0.05) is 12.1 Å². The molecule has 0 spiro atoms. The number of aromatic nitrogens is 4. The molecule has 0 saturated heterocycles. The topological polar surface area (TPSA) is 126 Å². The Kier molecular flexibility index (Phi) is 3.21. The lowest BCUT2D eigenvalue weighted by molar-refractivity contribution is -0.401. The van der Waals surface area contributed by atoms with E-state index in [1.165, 1.54) is 12.1 Å². The van der Waals surface area contributed by atoms with E-state index in [2.05, 4.69) is 15.1 Å². The van der Waals surface area contributed by atoms with Gasteiger partial charge in [0, 0.05) is 18.3 Å².